The second kappa shape index (κ2) is 5.76. The fourth-order valence-corrected chi connectivity index (χ4v) is 2.45. The molecule has 0 radical (unpaired) electrons. The molecule has 1 aromatic heterocycles. The topological polar surface area (TPSA) is 47.0 Å². The molecule has 0 saturated carbocycles. The Morgan fingerprint density at radius 3 is 2.67 bits per heavy atom. The number of nitrogens with one attached hydrogen (secondary N) is 1. The van der Waals surface area contributed by atoms with Crippen molar-refractivity contribution in [3.63, 3.8) is 0 Å². The molecule has 2 rings (SSSR count). The van der Waals surface area contributed by atoms with E-state index in [0.29, 0.717) is 5.92 Å². The molecule has 1 N–H and O–H groups in total. The molecule has 100 valence electrons. The second-order valence-electron chi connectivity index (χ2n) is 5.16. The molecule has 18 heavy (non-hydrogen) atoms. The number of aromatic nitrogens is 2. The summed E-state index contributed by atoms with van der Waals surface area (Å²) in [5.41, 5.74) is 3.63. The summed E-state index contributed by atoms with van der Waals surface area (Å²) in [5.74, 6) is 1.28. The van der Waals surface area contributed by atoms with Crippen LogP contribution in [0.2, 0.25) is 0 Å². The Balaban J connectivity index is 2.40. The molecule has 2 heterocycles. The molecule has 1 unspecified atom stereocenters. The van der Waals surface area contributed by atoms with E-state index in [1.54, 1.807) is 7.11 Å². The minimum atomic E-state index is 0.0263. The molecule has 0 aromatic carbocycles. The van der Waals surface area contributed by atoms with E-state index in [2.05, 4.69) is 31.1 Å². The van der Waals surface area contributed by atoms with Crippen LogP contribution in [-0.4, -0.2) is 17.1 Å². The summed E-state index contributed by atoms with van der Waals surface area (Å²) in [5, 5.41) is 3.36. The highest BCUT2D eigenvalue weighted by atomic mass is 16.5. The fourth-order valence-electron chi connectivity index (χ4n) is 2.45. The summed E-state index contributed by atoms with van der Waals surface area (Å²) in [6.45, 7) is 8.28. The van der Waals surface area contributed by atoms with Gasteiger partial charge in [-0.3, -0.25) is 0 Å². The summed E-state index contributed by atoms with van der Waals surface area (Å²) in [6, 6.07) is 0. The van der Waals surface area contributed by atoms with E-state index in [4.69, 9.17) is 9.72 Å². The van der Waals surface area contributed by atoms with Crippen LogP contribution in [0.5, 0.6) is 0 Å². The summed E-state index contributed by atoms with van der Waals surface area (Å²) in [7, 11) is 1.74. The lowest BCUT2D eigenvalue weighted by Gasteiger charge is -2.17. The van der Waals surface area contributed by atoms with Crippen LogP contribution in [0.15, 0.2) is 0 Å². The molecule has 0 spiro atoms. The molecule has 1 atom stereocenters. The van der Waals surface area contributed by atoms with Gasteiger partial charge in [-0.25, -0.2) is 9.97 Å². The van der Waals surface area contributed by atoms with Crippen molar-refractivity contribution in [3.8, 4) is 0 Å². The van der Waals surface area contributed by atoms with Gasteiger partial charge in [0.05, 0.1) is 11.4 Å². The van der Waals surface area contributed by atoms with E-state index in [1.807, 2.05) is 0 Å². The maximum absolute atomic E-state index is 5.53. The van der Waals surface area contributed by atoms with E-state index in [0.717, 1.165) is 37.4 Å². The summed E-state index contributed by atoms with van der Waals surface area (Å²) < 4.78 is 5.53. The predicted molar refractivity (Wildman–Crippen MR) is 71.3 cm³/mol. The molecular formula is C14H23N3O. The first-order valence-corrected chi connectivity index (χ1v) is 6.80. The quantitative estimate of drug-likeness (QED) is 0.871. The molecule has 0 saturated heterocycles. The SMILES string of the molecule is CCCC(OC)c1nc2c(c(C(C)C)n1)CNC2. The lowest BCUT2D eigenvalue weighted by molar-refractivity contribution is 0.0871. The van der Waals surface area contributed by atoms with Crippen LogP contribution in [0.3, 0.4) is 0 Å². The Labute approximate surface area is 109 Å². The van der Waals surface area contributed by atoms with Crippen LogP contribution in [-0.2, 0) is 17.8 Å². The Kier molecular flexibility index (Phi) is 4.30. The lowest BCUT2D eigenvalue weighted by atomic mass is 10.0. The minimum absolute atomic E-state index is 0.0263. The highest BCUT2D eigenvalue weighted by molar-refractivity contribution is 5.31. The van der Waals surface area contributed by atoms with Crippen LogP contribution in [0.4, 0.5) is 0 Å². The first-order chi connectivity index (χ1) is 8.67. The van der Waals surface area contributed by atoms with E-state index >= 15 is 0 Å². The van der Waals surface area contributed by atoms with Gasteiger partial charge in [-0.2, -0.15) is 0 Å². The Bertz CT molecular complexity index is 418. The average molecular weight is 249 g/mol. The average Bonchev–Trinajstić information content (AvgIpc) is 2.82. The van der Waals surface area contributed by atoms with Crippen molar-refractivity contribution >= 4 is 0 Å². The zero-order valence-electron chi connectivity index (χ0n) is 11.8. The van der Waals surface area contributed by atoms with Crippen molar-refractivity contribution in [1.29, 1.82) is 0 Å². The number of hydrogen-bond acceptors (Lipinski definition) is 4. The second-order valence-corrected chi connectivity index (χ2v) is 5.16. The van der Waals surface area contributed by atoms with Crippen molar-refractivity contribution < 1.29 is 4.74 Å². The predicted octanol–water partition coefficient (Wildman–Crippen LogP) is 2.69. The molecule has 0 aliphatic carbocycles. The number of rotatable bonds is 5. The number of hydrogen-bond donors (Lipinski definition) is 1. The third-order valence-corrected chi connectivity index (χ3v) is 3.41. The third-order valence-electron chi connectivity index (χ3n) is 3.41. The standard InChI is InChI=1S/C14H23N3O/c1-5-6-12(18-4)14-16-11-8-15-7-10(11)13(17-14)9(2)3/h9,12,15H,5-8H2,1-4H3. The zero-order chi connectivity index (χ0) is 13.1. The van der Waals surface area contributed by atoms with Gasteiger partial charge in [0.1, 0.15) is 6.10 Å². The number of nitrogens with zero attached hydrogens (tertiary/aromatic N) is 2. The van der Waals surface area contributed by atoms with E-state index in [1.165, 1.54) is 11.3 Å². The number of ether oxygens (including phenoxy) is 1. The van der Waals surface area contributed by atoms with Crippen LogP contribution >= 0.6 is 0 Å². The lowest BCUT2D eigenvalue weighted by Crippen LogP contribution is -2.12. The van der Waals surface area contributed by atoms with Gasteiger partial charge in [0.15, 0.2) is 5.82 Å². The van der Waals surface area contributed by atoms with Gasteiger partial charge < -0.3 is 10.1 Å². The summed E-state index contributed by atoms with van der Waals surface area (Å²) >= 11 is 0. The fraction of sp³-hybridized carbons (Fsp3) is 0.714. The van der Waals surface area contributed by atoms with Crippen molar-refractivity contribution in [2.75, 3.05) is 7.11 Å². The number of methoxy groups -OCH3 is 1. The van der Waals surface area contributed by atoms with Crippen molar-refractivity contribution in [2.24, 2.45) is 0 Å². The Morgan fingerprint density at radius 2 is 2.06 bits per heavy atom. The van der Waals surface area contributed by atoms with Crippen LogP contribution < -0.4 is 5.32 Å². The van der Waals surface area contributed by atoms with Gasteiger partial charge in [-0.15, -0.1) is 0 Å². The van der Waals surface area contributed by atoms with Gasteiger partial charge in [-0.05, 0) is 12.3 Å². The molecule has 0 fully saturated rings. The molecule has 4 nitrogen and oxygen atoms in total. The zero-order valence-corrected chi connectivity index (χ0v) is 11.8. The highest BCUT2D eigenvalue weighted by Gasteiger charge is 2.23. The minimum Gasteiger partial charge on any atom is -0.373 e. The molecule has 4 heteroatoms. The Hall–Kier alpha value is -1.00. The maximum Gasteiger partial charge on any atom is 0.157 e. The largest absolute Gasteiger partial charge is 0.373 e. The summed E-state index contributed by atoms with van der Waals surface area (Å²) in [6.07, 6.45) is 2.08. The normalized spacial score (nSPS) is 16.1. The van der Waals surface area contributed by atoms with Crippen LogP contribution in [0.25, 0.3) is 0 Å². The summed E-state index contributed by atoms with van der Waals surface area (Å²) in [4.78, 5) is 9.45. The number of fused-ring (bicyclic) bond motifs is 1. The highest BCUT2D eigenvalue weighted by Crippen LogP contribution is 2.27. The molecule has 0 bridgehead atoms. The van der Waals surface area contributed by atoms with Gasteiger partial charge >= 0.3 is 0 Å². The van der Waals surface area contributed by atoms with Gasteiger partial charge in [0, 0.05) is 25.8 Å². The van der Waals surface area contributed by atoms with Crippen LogP contribution in [0, 0.1) is 0 Å². The van der Waals surface area contributed by atoms with E-state index < -0.39 is 0 Å². The van der Waals surface area contributed by atoms with Gasteiger partial charge in [-0.1, -0.05) is 27.2 Å². The molecule has 1 aliphatic rings. The third kappa shape index (κ3) is 2.54. The van der Waals surface area contributed by atoms with Crippen molar-refractivity contribution in [1.82, 2.24) is 15.3 Å². The molecular weight excluding hydrogens is 226 g/mol. The maximum atomic E-state index is 5.53. The first kappa shape index (κ1) is 13.4. The Morgan fingerprint density at radius 1 is 1.28 bits per heavy atom. The van der Waals surface area contributed by atoms with Crippen molar-refractivity contribution in [3.05, 3.63) is 22.8 Å². The van der Waals surface area contributed by atoms with E-state index in [-0.39, 0.29) is 6.10 Å². The smallest absolute Gasteiger partial charge is 0.157 e. The molecule has 1 aromatic rings. The van der Waals surface area contributed by atoms with Crippen molar-refractivity contribution in [2.45, 2.75) is 58.7 Å². The van der Waals surface area contributed by atoms with E-state index in [9.17, 15) is 0 Å². The van der Waals surface area contributed by atoms with Crippen LogP contribution in [0.1, 0.15) is 68.4 Å². The van der Waals surface area contributed by atoms with Gasteiger partial charge in [0.25, 0.3) is 0 Å². The first-order valence-electron chi connectivity index (χ1n) is 6.80. The monoisotopic (exact) mass is 249 g/mol. The van der Waals surface area contributed by atoms with Gasteiger partial charge in [0.2, 0.25) is 0 Å². The molecule has 1 aliphatic heterocycles. The molecule has 0 amide bonds.